The van der Waals surface area contributed by atoms with Crippen molar-refractivity contribution < 1.29 is 8.78 Å². The molecule has 6 heteroatoms. The summed E-state index contributed by atoms with van der Waals surface area (Å²) in [7, 11) is 0. The van der Waals surface area contributed by atoms with E-state index in [1.54, 1.807) is 0 Å². The van der Waals surface area contributed by atoms with E-state index >= 15 is 0 Å². The standard InChI is InChI=1S/2C6H12FN.2ClH/c2*7-5-1-3-6(8)4-2-5;;/h2*5-6H,1-4,8H2;2*1H. The Labute approximate surface area is 121 Å². The molecular formula is C12H26Cl2F2N2. The van der Waals surface area contributed by atoms with Crippen molar-refractivity contribution in [3.8, 4) is 0 Å². The number of alkyl halides is 2. The third kappa shape index (κ3) is 9.31. The highest BCUT2D eigenvalue weighted by Crippen LogP contribution is 2.19. The van der Waals surface area contributed by atoms with Crippen LogP contribution < -0.4 is 11.5 Å². The molecule has 0 spiro atoms. The van der Waals surface area contributed by atoms with Crippen molar-refractivity contribution in [1.82, 2.24) is 0 Å². The Morgan fingerprint density at radius 3 is 0.944 bits per heavy atom. The van der Waals surface area contributed by atoms with Crippen molar-refractivity contribution in [3.05, 3.63) is 0 Å². The zero-order chi connectivity index (χ0) is 12.0. The van der Waals surface area contributed by atoms with Crippen molar-refractivity contribution in [2.45, 2.75) is 75.8 Å². The first-order valence-electron chi connectivity index (χ1n) is 6.37. The van der Waals surface area contributed by atoms with Crippen LogP contribution in [0.4, 0.5) is 8.78 Å². The zero-order valence-electron chi connectivity index (χ0n) is 10.7. The summed E-state index contributed by atoms with van der Waals surface area (Å²) in [6.07, 6.45) is 5.11. The number of halogens is 4. The second kappa shape index (κ2) is 11.2. The van der Waals surface area contributed by atoms with Gasteiger partial charge in [-0.05, 0) is 51.4 Å². The maximum absolute atomic E-state index is 12.3. The Morgan fingerprint density at radius 2 is 0.778 bits per heavy atom. The summed E-state index contributed by atoms with van der Waals surface area (Å²) in [6.45, 7) is 0. The molecule has 0 amide bonds. The minimum Gasteiger partial charge on any atom is -0.328 e. The summed E-state index contributed by atoms with van der Waals surface area (Å²) in [4.78, 5) is 0. The molecule has 0 aliphatic heterocycles. The van der Waals surface area contributed by atoms with Gasteiger partial charge in [-0.15, -0.1) is 24.8 Å². The minimum absolute atomic E-state index is 0. The average Bonchev–Trinajstić information content (AvgIpc) is 2.28. The third-order valence-electron chi connectivity index (χ3n) is 3.40. The lowest BCUT2D eigenvalue weighted by atomic mass is 9.95. The van der Waals surface area contributed by atoms with Crippen LogP contribution in [0.5, 0.6) is 0 Å². The van der Waals surface area contributed by atoms with Gasteiger partial charge in [0.15, 0.2) is 0 Å². The molecule has 0 radical (unpaired) electrons. The van der Waals surface area contributed by atoms with Crippen LogP contribution in [0, 0.1) is 0 Å². The summed E-state index contributed by atoms with van der Waals surface area (Å²) >= 11 is 0. The molecule has 2 aliphatic rings. The predicted molar refractivity (Wildman–Crippen MR) is 77.2 cm³/mol. The first kappa shape index (κ1) is 20.7. The Bertz CT molecular complexity index is 143. The quantitative estimate of drug-likeness (QED) is 0.721. The molecular weight excluding hydrogens is 281 g/mol. The maximum Gasteiger partial charge on any atom is 0.100 e. The van der Waals surface area contributed by atoms with Crippen molar-refractivity contribution >= 4 is 24.8 Å². The van der Waals surface area contributed by atoms with Gasteiger partial charge in [0.1, 0.15) is 12.3 Å². The Balaban J connectivity index is 0. The van der Waals surface area contributed by atoms with Gasteiger partial charge in [0.05, 0.1) is 0 Å². The largest absolute Gasteiger partial charge is 0.328 e. The number of rotatable bonds is 0. The van der Waals surface area contributed by atoms with Crippen LogP contribution in [0.2, 0.25) is 0 Å². The highest BCUT2D eigenvalue weighted by atomic mass is 35.5. The van der Waals surface area contributed by atoms with E-state index in [1.165, 1.54) is 0 Å². The molecule has 2 saturated carbocycles. The van der Waals surface area contributed by atoms with E-state index in [1.807, 2.05) is 0 Å². The molecule has 0 unspecified atom stereocenters. The second-order valence-corrected chi connectivity index (χ2v) is 5.02. The van der Waals surface area contributed by atoms with E-state index in [4.69, 9.17) is 11.5 Å². The van der Waals surface area contributed by atoms with E-state index in [9.17, 15) is 8.78 Å². The highest BCUT2D eigenvalue weighted by Gasteiger charge is 2.17. The molecule has 0 bridgehead atoms. The first-order chi connectivity index (χ1) is 7.58. The topological polar surface area (TPSA) is 52.0 Å². The van der Waals surface area contributed by atoms with Crippen LogP contribution in [0.3, 0.4) is 0 Å². The van der Waals surface area contributed by atoms with Crippen LogP contribution in [0.25, 0.3) is 0 Å². The minimum atomic E-state index is -0.560. The SMILES string of the molecule is Cl.Cl.NC1CCC(F)CC1.NC1CCC(F)CC1. The maximum atomic E-state index is 12.3. The fraction of sp³-hybridized carbons (Fsp3) is 1.00. The van der Waals surface area contributed by atoms with Gasteiger partial charge in [0.25, 0.3) is 0 Å². The molecule has 2 rings (SSSR count). The van der Waals surface area contributed by atoms with Gasteiger partial charge in [-0.25, -0.2) is 8.78 Å². The zero-order valence-corrected chi connectivity index (χ0v) is 12.3. The lowest BCUT2D eigenvalue weighted by molar-refractivity contribution is 0.236. The molecule has 2 aliphatic carbocycles. The van der Waals surface area contributed by atoms with Gasteiger partial charge < -0.3 is 11.5 Å². The van der Waals surface area contributed by atoms with E-state index in [0.717, 1.165) is 25.7 Å². The molecule has 0 aromatic rings. The fourth-order valence-electron chi connectivity index (χ4n) is 2.16. The summed E-state index contributed by atoms with van der Waals surface area (Å²) in [5.74, 6) is 0. The van der Waals surface area contributed by atoms with Crippen molar-refractivity contribution in [2.24, 2.45) is 11.5 Å². The molecule has 2 fully saturated rings. The summed E-state index contributed by atoms with van der Waals surface area (Å²) in [5.41, 5.74) is 11.1. The predicted octanol–water partition coefficient (Wildman–Crippen LogP) is 3.30. The van der Waals surface area contributed by atoms with Gasteiger partial charge in [-0.3, -0.25) is 0 Å². The third-order valence-corrected chi connectivity index (χ3v) is 3.40. The van der Waals surface area contributed by atoms with Crippen molar-refractivity contribution in [1.29, 1.82) is 0 Å². The second-order valence-electron chi connectivity index (χ2n) is 5.02. The van der Waals surface area contributed by atoms with Crippen LogP contribution >= 0.6 is 24.8 Å². The lowest BCUT2D eigenvalue weighted by Crippen LogP contribution is -2.26. The average molecular weight is 307 g/mol. The molecule has 0 aromatic carbocycles. The van der Waals surface area contributed by atoms with E-state index in [2.05, 4.69) is 0 Å². The Kier molecular flexibility index (Phi) is 12.9. The van der Waals surface area contributed by atoms with Gasteiger partial charge in [0.2, 0.25) is 0 Å². The normalized spacial score (nSPS) is 35.3. The number of hydrogen-bond donors (Lipinski definition) is 2. The highest BCUT2D eigenvalue weighted by molar-refractivity contribution is 5.85. The molecule has 0 heterocycles. The van der Waals surface area contributed by atoms with Gasteiger partial charge in [-0.1, -0.05) is 0 Å². The molecule has 0 atom stereocenters. The number of nitrogens with two attached hydrogens (primary N) is 2. The lowest BCUT2D eigenvalue weighted by Gasteiger charge is -2.19. The van der Waals surface area contributed by atoms with Crippen LogP contribution in [-0.2, 0) is 0 Å². The first-order valence-corrected chi connectivity index (χ1v) is 6.37. The number of hydrogen-bond acceptors (Lipinski definition) is 2. The molecule has 0 saturated heterocycles. The van der Waals surface area contributed by atoms with Crippen LogP contribution in [-0.4, -0.2) is 24.4 Å². The Morgan fingerprint density at radius 1 is 0.556 bits per heavy atom. The van der Waals surface area contributed by atoms with Gasteiger partial charge in [0, 0.05) is 12.1 Å². The van der Waals surface area contributed by atoms with E-state index < -0.39 is 12.3 Å². The van der Waals surface area contributed by atoms with Crippen molar-refractivity contribution in [3.63, 3.8) is 0 Å². The van der Waals surface area contributed by atoms with Crippen LogP contribution in [0.15, 0.2) is 0 Å². The molecule has 4 N–H and O–H groups in total. The van der Waals surface area contributed by atoms with E-state index in [-0.39, 0.29) is 36.9 Å². The summed E-state index contributed by atoms with van der Waals surface area (Å²) in [6, 6.07) is 0.559. The van der Waals surface area contributed by atoms with E-state index in [0.29, 0.717) is 25.7 Å². The van der Waals surface area contributed by atoms with Crippen LogP contribution in [0.1, 0.15) is 51.4 Å². The van der Waals surface area contributed by atoms with Gasteiger partial charge >= 0.3 is 0 Å². The summed E-state index contributed by atoms with van der Waals surface area (Å²) in [5, 5.41) is 0. The summed E-state index contributed by atoms with van der Waals surface area (Å²) < 4.78 is 24.6. The Hall–Kier alpha value is 0.360. The molecule has 112 valence electrons. The smallest absolute Gasteiger partial charge is 0.100 e. The van der Waals surface area contributed by atoms with Crippen molar-refractivity contribution in [2.75, 3.05) is 0 Å². The van der Waals surface area contributed by atoms with Gasteiger partial charge in [-0.2, -0.15) is 0 Å². The molecule has 2 nitrogen and oxygen atoms in total. The fourth-order valence-corrected chi connectivity index (χ4v) is 2.16. The molecule has 18 heavy (non-hydrogen) atoms. The monoisotopic (exact) mass is 306 g/mol. The molecule has 0 aromatic heterocycles.